The topological polar surface area (TPSA) is 29.3 Å². The smallest absolute Gasteiger partial charge is 0.0347 e. The van der Waals surface area contributed by atoms with E-state index in [9.17, 15) is 0 Å². The lowest BCUT2D eigenvalue weighted by Gasteiger charge is -2.26. The highest BCUT2D eigenvalue weighted by Crippen LogP contribution is 2.37. The molecule has 1 aromatic carbocycles. The summed E-state index contributed by atoms with van der Waals surface area (Å²) in [6.45, 7) is 2.47. The Morgan fingerprint density at radius 1 is 1.38 bits per heavy atom. The van der Waals surface area contributed by atoms with Gasteiger partial charge in [0.2, 0.25) is 0 Å². The van der Waals surface area contributed by atoms with Crippen LogP contribution in [0.3, 0.4) is 0 Å². The molecule has 3 heteroatoms. The number of nitrogens with zero attached hydrogens (tertiary/aromatic N) is 1. The molecule has 2 unspecified atom stereocenters. The summed E-state index contributed by atoms with van der Waals surface area (Å²) in [7, 11) is 0. The van der Waals surface area contributed by atoms with Crippen LogP contribution in [0.5, 0.6) is 0 Å². The molecule has 0 aliphatic carbocycles. The van der Waals surface area contributed by atoms with Gasteiger partial charge in [-0.15, -0.1) is 0 Å². The van der Waals surface area contributed by atoms with Gasteiger partial charge in [0.15, 0.2) is 0 Å². The van der Waals surface area contributed by atoms with Gasteiger partial charge in [0.05, 0.1) is 0 Å². The normalized spacial score (nSPS) is 28.8. The lowest BCUT2D eigenvalue weighted by Crippen LogP contribution is -2.35. The van der Waals surface area contributed by atoms with E-state index in [0.717, 1.165) is 23.4 Å². The number of nitrogen functional groups attached to an aromatic ring is 1. The third kappa shape index (κ3) is 1.94. The van der Waals surface area contributed by atoms with Gasteiger partial charge in [0.25, 0.3) is 0 Å². The van der Waals surface area contributed by atoms with Crippen LogP contribution < -0.4 is 5.73 Å². The van der Waals surface area contributed by atoms with Crippen LogP contribution >= 0.6 is 11.8 Å². The Kier molecular flexibility index (Phi) is 2.82. The number of hydrogen-bond acceptors (Lipinski definition) is 3. The van der Waals surface area contributed by atoms with Crippen LogP contribution in [0, 0.1) is 0 Å². The lowest BCUT2D eigenvalue weighted by molar-refractivity contribution is 0.273. The van der Waals surface area contributed by atoms with Gasteiger partial charge < -0.3 is 5.73 Å². The highest BCUT2D eigenvalue weighted by molar-refractivity contribution is 8.00. The number of likely N-dealkylation sites (tertiary alicyclic amines) is 1. The minimum absolute atomic E-state index is 0.847. The number of para-hydroxylation sites is 1. The van der Waals surface area contributed by atoms with Gasteiger partial charge in [-0.1, -0.05) is 18.2 Å². The van der Waals surface area contributed by atoms with Gasteiger partial charge in [-0.05, 0) is 24.5 Å². The fourth-order valence-electron chi connectivity index (χ4n) is 2.78. The van der Waals surface area contributed by atoms with Crippen molar-refractivity contribution in [1.29, 1.82) is 0 Å². The second kappa shape index (κ2) is 4.30. The molecule has 1 aromatic rings. The van der Waals surface area contributed by atoms with E-state index < -0.39 is 0 Å². The largest absolute Gasteiger partial charge is 0.399 e. The monoisotopic (exact) mass is 234 g/mol. The predicted octanol–water partition coefficient (Wildman–Crippen LogP) is 2.00. The maximum atomic E-state index is 5.96. The summed E-state index contributed by atoms with van der Waals surface area (Å²) in [5, 5.41) is 0.915. The zero-order valence-corrected chi connectivity index (χ0v) is 10.2. The van der Waals surface area contributed by atoms with Crippen molar-refractivity contribution in [2.45, 2.75) is 24.1 Å². The first-order valence-corrected chi connectivity index (χ1v) is 7.07. The minimum atomic E-state index is 0.847. The van der Waals surface area contributed by atoms with E-state index in [4.69, 9.17) is 5.73 Å². The summed E-state index contributed by atoms with van der Waals surface area (Å²) in [5.74, 6) is 1.34. The van der Waals surface area contributed by atoms with E-state index in [1.54, 1.807) is 0 Å². The molecule has 2 N–H and O–H groups in total. The molecule has 0 amide bonds. The number of anilines is 1. The van der Waals surface area contributed by atoms with Gasteiger partial charge in [-0.3, -0.25) is 4.90 Å². The molecule has 0 radical (unpaired) electrons. The molecule has 0 saturated carbocycles. The van der Waals surface area contributed by atoms with Crippen LogP contribution in [-0.2, 0) is 6.42 Å². The Morgan fingerprint density at radius 2 is 2.25 bits per heavy atom. The van der Waals surface area contributed by atoms with Gasteiger partial charge in [0, 0.05) is 35.8 Å². The number of benzene rings is 1. The Bertz CT molecular complexity index is 380. The summed E-state index contributed by atoms with van der Waals surface area (Å²) < 4.78 is 0. The van der Waals surface area contributed by atoms with Crippen LogP contribution in [0.1, 0.15) is 12.0 Å². The first-order chi connectivity index (χ1) is 7.83. The molecule has 2 fully saturated rings. The number of hydrogen-bond donors (Lipinski definition) is 1. The molecule has 3 rings (SSSR count). The van der Waals surface area contributed by atoms with E-state index in [2.05, 4.69) is 28.8 Å². The van der Waals surface area contributed by atoms with Crippen molar-refractivity contribution < 1.29 is 0 Å². The van der Waals surface area contributed by atoms with Crippen LogP contribution in [0.25, 0.3) is 0 Å². The molecular weight excluding hydrogens is 216 g/mol. The number of nitrogens with two attached hydrogens (primary N) is 1. The van der Waals surface area contributed by atoms with Crippen LogP contribution in [-0.4, -0.2) is 35.0 Å². The second-order valence-electron chi connectivity index (χ2n) is 4.79. The molecule has 2 heterocycles. The first-order valence-electron chi connectivity index (χ1n) is 6.02. The molecule has 2 bridgehead atoms. The van der Waals surface area contributed by atoms with Crippen molar-refractivity contribution in [2.75, 3.05) is 24.6 Å². The van der Waals surface area contributed by atoms with Crippen molar-refractivity contribution in [2.24, 2.45) is 0 Å². The average molecular weight is 234 g/mol. The molecule has 2 aliphatic heterocycles. The van der Waals surface area contributed by atoms with Crippen molar-refractivity contribution in [1.82, 2.24) is 4.90 Å². The van der Waals surface area contributed by atoms with Crippen LogP contribution in [0.4, 0.5) is 5.69 Å². The lowest BCUT2D eigenvalue weighted by atomic mass is 10.1. The van der Waals surface area contributed by atoms with Crippen LogP contribution in [0.2, 0.25) is 0 Å². The quantitative estimate of drug-likeness (QED) is 0.811. The van der Waals surface area contributed by atoms with Crippen molar-refractivity contribution >= 4 is 17.4 Å². The molecule has 2 nitrogen and oxygen atoms in total. The molecule has 2 aliphatic rings. The number of fused-ring (bicyclic) bond motifs is 2. The fourth-order valence-corrected chi connectivity index (χ4v) is 4.28. The summed E-state index contributed by atoms with van der Waals surface area (Å²) in [5.41, 5.74) is 8.21. The number of thioether (sulfide) groups is 1. The maximum Gasteiger partial charge on any atom is 0.0347 e. The minimum Gasteiger partial charge on any atom is -0.399 e. The standard InChI is InChI=1S/C13H18N2S/c14-13-4-2-1-3-10(13)5-6-15-8-12-7-11(15)9-16-12/h1-4,11-12H,5-9,14H2. The Morgan fingerprint density at radius 3 is 2.94 bits per heavy atom. The third-order valence-corrected chi connectivity index (χ3v) is 5.13. The van der Waals surface area contributed by atoms with E-state index in [0.29, 0.717) is 0 Å². The number of rotatable bonds is 3. The molecule has 86 valence electrons. The van der Waals surface area contributed by atoms with E-state index in [-0.39, 0.29) is 0 Å². The molecular formula is C13H18N2S. The van der Waals surface area contributed by atoms with Gasteiger partial charge in [-0.25, -0.2) is 0 Å². The molecule has 2 atom stereocenters. The molecule has 0 aromatic heterocycles. The Labute approximate surface area is 101 Å². The molecule has 16 heavy (non-hydrogen) atoms. The van der Waals surface area contributed by atoms with Crippen molar-refractivity contribution in [3.05, 3.63) is 29.8 Å². The van der Waals surface area contributed by atoms with E-state index in [1.807, 2.05) is 12.1 Å². The zero-order chi connectivity index (χ0) is 11.0. The van der Waals surface area contributed by atoms with Gasteiger partial charge >= 0.3 is 0 Å². The van der Waals surface area contributed by atoms with E-state index >= 15 is 0 Å². The highest BCUT2D eigenvalue weighted by Gasteiger charge is 2.37. The summed E-state index contributed by atoms with van der Waals surface area (Å²) in [6, 6.07) is 9.09. The predicted molar refractivity (Wildman–Crippen MR) is 70.8 cm³/mol. The summed E-state index contributed by atoms with van der Waals surface area (Å²) in [4.78, 5) is 2.65. The first kappa shape index (κ1) is 10.5. The maximum absolute atomic E-state index is 5.96. The second-order valence-corrected chi connectivity index (χ2v) is 6.12. The third-order valence-electron chi connectivity index (χ3n) is 3.74. The average Bonchev–Trinajstić information content (AvgIpc) is 2.90. The van der Waals surface area contributed by atoms with Gasteiger partial charge in [-0.2, -0.15) is 11.8 Å². The summed E-state index contributed by atoms with van der Waals surface area (Å²) in [6.07, 6.45) is 2.51. The van der Waals surface area contributed by atoms with Crippen molar-refractivity contribution in [3.63, 3.8) is 0 Å². The fraction of sp³-hybridized carbons (Fsp3) is 0.538. The SMILES string of the molecule is Nc1ccccc1CCN1CC2CC1CS2. The molecule has 0 spiro atoms. The Hall–Kier alpha value is -0.670. The summed E-state index contributed by atoms with van der Waals surface area (Å²) >= 11 is 2.15. The molecule has 2 saturated heterocycles. The zero-order valence-electron chi connectivity index (χ0n) is 9.43. The highest BCUT2D eigenvalue weighted by atomic mass is 32.2. The Balaban J connectivity index is 1.59. The van der Waals surface area contributed by atoms with Gasteiger partial charge in [0.1, 0.15) is 0 Å². The van der Waals surface area contributed by atoms with Crippen molar-refractivity contribution in [3.8, 4) is 0 Å². The van der Waals surface area contributed by atoms with Crippen LogP contribution in [0.15, 0.2) is 24.3 Å². The van der Waals surface area contributed by atoms with E-state index in [1.165, 1.54) is 30.8 Å².